The van der Waals surface area contributed by atoms with E-state index in [1.165, 1.54) is 5.69 Å². The predicted octanol–water partition coefficient (Wildman–Crippen LogP) is 2.43. The third kappa shape index (κ3) is 2.77. The Labute approximate surface area is 138 Å². The first-order valence-corrected chi connectivity index (χ1v) is 8.55. The molecule has 0 N–H and O–H groups in total. The molecule has 0 amide bonds. The molecule has 3 aromatic heterocycles. The molecule has 6 nitrogen and oxygen atoms in total. The van der Waals surface area contributed by atoms with Crippen LogP contribution < -0.4 is 0 Å². The van der Waals surface area contributed by atoms with Crippen molar-refractivity contribution in [3.05, 3.63) is 46.7 Å². The Morgan fingerprint density at radius 3 is 2.78 bits per heavy atom. The van der Waals surface area contributed by atoms with E-state index < -0.39 is 0 Å². The minimum absolute atomic E-state index is 0.698. The summed E-state index contributed by atoms with van der Waals surface area (Å²) in [6, 6.07) is 1.82. The molecular weight excluding hydrogens is 308 g/mol. The Hall–Kier alpha value is -2.12. The number of hydrogen-bond acceptors (Lipinski definition) is 6. The molecular formula is C16H18N6S. The van der Waals surface area contributed by atoms with Crippen molar-refractivity contribution in [2.45, 2.75) is 33.5 Å². The highest BCUT2D eigenvalue weighted by Gasteiger charge is 2.21. The van der Waals surface area contributed by atoms with Gasteiger partial charge in [-0.1, -0.05) is 0 Å². The number of fused-ring (bicyclic) bond motifs is 1. The summed E-state index contributed by atoms with van der Waals surface area (Å²) in [5.74, 6) is 1.86. The molecule has 4 heterocycles. The molecule has 3 aromatic rings. The van der Waals surface area contributed by atoms with E-state index >= 15 is 0 Å². The molecule has 0 saturated heterocycles. The largest absolute Gasteiger partial charge is 0.330 e. The molecule has 0 unspecified atom stereocenters. The Bertz CT molecular complexity index is 822. The van der Waals surface area contributed by atoms with Crippen LogP contribution in [-0.2, 0) is 19.6 Å². The Kier molecular flexibility index (Phi) is 3.66. The van der Waals surface area contributed by atoms with E-state index in [-0.39, 0.29) is 0 Å². The summed E-state index contributed by atoms with van der Waals surface area (Å²) in [6.45, 7) is 7.97. The van der Waals surface area contributed by atoms with Gasteiger partial charge in [0.1, 0.15) is 5.82 Å². The van der Waals surface area contributed by atoms with Crippen LogP contribution in [0.5, 0.6) is 0 Å². The lowest BCUT2D eigenvalue weighted by molar-refractivity contribution is 0.206. The Morgan fingerprint density at radius 2 is 1.96 bits per heavy atom. The average molecular weight is 326 g/mol. The molecule has 0 radical (unpaired) electrons. The summed E-state index contributed by atoms with van der Waals surface area (Å²) in [5.41, 5.74) is 3.50. The van der Waals surface area contributed by atoms with E-state index in [9.17, 15) is 0 Å². The van der Waals surface area contributed by atoms with E-state index in [2.05, 4.69) is 48.6 Å². The standard InChI is InChI=1S/C16H18N6S/c1-11-12(2)22-7-6-21(9-14(22)19-11)8-13-10-23-16(20-13)15-17-4-3-5-18-15/h3-5,10H,6-9H2,1-2H3. The van der Waals surface area contributed by atoms with Crippen LogP contribution in [0.3, 0.4) is 0 Å². The Balaban J connectivity index is 1.48. The van der Waals surface area contributed by atoms with Crippen molar-refractivity contribution < 1.29 is 0 Å². The lowest BCUT2D eigenvalue weighted by atomic mass is 10.3. The number of hydrogen-bond donors (Lipinski definition) is 0. The smallest absolute Gasteiger partial charge is 0.188 e. The molecule has 0 bridgehead atoms. The Morgan fingerprint density at radius 1 is 1.13 bits per heavy atom. The SMILES string of the molecule is Cc1nc2n(c1C)CCN(Cc1csc(-c3ncccn3)n1)C2. The van der Waals surface area contributed by atoms with Crippen LogP contribution in [0.15, 0.2) is 23.8 Å². The quantitative estimate of drug-likeness (QED) is 0.740. The van der Waals surface area contributed by atoms with Crippen molar-refractivity contribution in [3.63, 3.8) is 0 Å². The summed E-state index contributed by atoms with van der Waals surface area (Å²) in [4.78, 5) is 20.3. The number of imidazole rings is 1. The monoisotopic (exact) mass is 326 g/mol. The van der Waals surface area contributed by atoms with Gasteiger partial charge in [0.15, 0.2) is 10.8 Å². The normalized spacial score (nSPS) is 14.9. The zero-order valence-electron chi connectivity index (χ0n) is 13.2. The van der Waals surface area contributed by atoms with Gasteiger partial charge >= 0.3 is 0 Å². The third-order valence-electron chi connectivity index (χ3n) is 4.24. The topological polar surface area (TPSA) is 59.7 Å². The summed E-state index contributed by atoms with van der Waals surface area (Å²) in [7, 11) is 0. The molecule has 1 aliphatic heterocycles. The van der Waals surface area contributed by atoms with Crippen LogP contribution in [0.1, 0.15) is 22.9 Å². The highest BCUT2D eigenvalue weighted by Crippen LogP contribution is 2.22. The van der Waals surface area contributed by atoms with Gasteiger partial charge in [-0.25, -0.2) is 19.9 Å². The first-order chi connectivity index (χ1) is 11.2. The van der Waals surface area contributed by atoms with Crippen molar-refractivity contribution >= 4 is 11.3 Å². The van der Waals surface area contributed by atoms with E-state index in [4.69, 9.17) is 0 Å². The molecule has 0 aliphatic carbocycles. The zero-order valence-corrected chi connectivity index (χ0v) is 14.0. The van der Waals surface area contributed by atoms with Crippen molar-refractivity contribution in [3.8, 4) is 10.8 Å². The third-order valence-corrected chi connectivity index (χ3v) is 5.12. The van der Waals surface area contributed by atoms with E-state index in [0.717, 1.165) is 48.4 Å². The maximum atomic E-state index is 4.68. The maximum Gasteiger partial charge on any atom is 0.188 e. The van der Waals surface area contributed by atoms with Crippen LogP contribution in [0.4, 0.5) is 0 Å². The van der Waals surface area contributed by atoms with Crippen molar-refractivity contribution in [2.75, 3.05) is 6.54 Å². The van der Waals surface area contributed by atoms with Crippen molar-refractivity contribution in [1.29, 1.82) is 0 Å². The second kappa shape index (κ2) is 5.82. The lowest BCUT2D eigenvalue weighted by Crippen LogP contribution is -2.33. The second-order valence-electron chi connectivity index (χ2n) is 5.78. The van der Waals surface area contributed by atoms with E-state index in [0.29, 0.717) is 5.82 Å². The van der Waals surface area contributed by atoms with Gasteiger partial charge < -0.3 is 4.57 Å². The number of rotatable bonds is 3. The zero-order chi connectivity index (χ0) is 15.8. The molecule has 0 spiro atoms. The number of thiazole rings is 1. The molecule has 118 valence electrons. The molecule has 7 heteroatoms. The molecule has 1 aliphatic rings. The number of nitrogens with zero attached hydrogens (tertiary/aromatic N) is 6. The van der Waals surface area contributed by atoms with Gasteiger partial charge in [0, 0.05) is 43.1 Å². The fourth-order valence-electron chi connectivity index (χ4n) is 2.92. The molecule has 0 atom stereocenters. The van der Waals surface area contributed by atoms with Gasteiger partial charge in [0.25, 0.3) is 0 Å². The molecule has 0 fully saturated rings. The van der Waals surface area contributed by atoms with Crippen LogP contribution in [0.25, 0.3) is 10.8 Å². The summed E-state index contributed by atoms with van der Waals surface area (Å²) in [5, 5.41) is 2.98. The van der Waals surface area contributed by atoms with Gasteiger partial charge in [-0.3, -0.25) is 4.90 Å². The first kappa shape index (κ1) is 14.5. The molecule has 4 rings (SSSR count). The van der Waals surface area contributed by atoms with Crippen LogP contribution in [-0.4, -0.2) is 35.9 Å². The highest BCUT2D eigenvalue weighted by molar-refractivity contribution is 7.13. The second-order valence-corrected chi connectivity index (χ2v) is 6.64. The lowest BCUT2D eigenvalue weighted by Gasteiger charge is -2.27. The fourth-order valence-corrected chi connectivity index (χ4v) is 3.67. The van der Waals surface area contributed by atoms with E-state index in [1.807, 2.05) is 6.07 Å². The van der Waals surface area contributed by atoms with Gasteiger partial charge in [-0.15, -0.1) is 11.3 Å². The van der Waals surface area contributed by atoms with Crippen molar-refractivity contribution in [2.24, 2.45) is 0 Å². The summed E-state index contributed by atoms with van der Waals surface area (Å²) < 4.78 is 2.33. The minimum Gasteiger partial charge on any atom is -0.330 e. The average Bonchev–Trinajstić information content (AvgIpc) is 3.14. The predicted molar refractivity (Wildman–Crippen MR) is 89.0 cm³/mol. The van der Waals surface area contributed by atoms with Crippen molar-refractivity contribution in [1.82, 2.24) is 29.4 Å². The van der Waals surface area contributed by atoms with Gasteiger partial charge in [-0.05, 0) is 19.9 Å². The first-order valence-electron chi connectivity index (χ1n) is 7.67. The minimum atomic E-state index is 0.698. The van der Waals surface area contributed by atoms with Gasteiger partial charge in [-0.2, -0.15) is 0 Å². The van der Waals surface area contributed by atoms with E-state index in [1.54, 1.807) is 23.7 Å². The van der Waals surface area contributed by atoms with Gasteiger partial charge in [0.2, 0.25) is 0 Å². The fraction of sp³-hybridized carbons (Fsp3) is 0.375. The number of aromatic nitrogens is 5. The molecule has 23 heavy (non-hydrogen) atoms. The van der Waals surface area contributed by atoms with Crippen LogP contribution in [0, 0.1) is 13.8 Å². The van der Waals surface area contributed by atoms with Gasteiger partial charge in [0.05, 0.1) is 17.9 Å². The number of aryl methyl sites for hydroxylation is 1. The van der Waals surface area contributed by atoms with Crippen LogP contribution >= 0.6 is 11.3 Å². The summed E-state index contributed by atoms with van der Waals surface area (Å²) in [6.07, 6.45) is 3.50. The van der Waals surface area contributed by atoms with Crippen LogP contribution in [0.2, 0.25) is 0 Å². The summed E-state index contributed by atoms with van der Waals surface area (Å²) >= 11 is 1.60. The molecule has 0 saturated carbocycles. The highest BCUT2D eigenvalue weighted by atomic mass is 32.1. The molecule has 0 aromatic carbocycles. The maximum absolute atomic E-state index is 4.68.